The lowest BCUT2D eigenvalue weighted by molar-refractivity contribution is 0.0957. The van der Waals surface area contributed by atoms with Gasteiger partial charge in [-0.25, -0.2) is 0 Å². The van der Waals surface area contributed by atoms with E-state index < -0.39 is 0 Å². The second-order valence-electron chi connectivity index (χ2n) is 4.92. The molecule has 2 heterocycles. The predicted octanol–water partition coefficient (Wildman–Crippen LogP) is 0.400. The second kappa shape index (κ2) is 5.97. The van der Waals surface area contributed by atoms with Gasteiger partial charge in [0.15, 0.2) is 11.5 Å². The smallest absolute Gasteiger partial charge is 0.271 e. The number of amides is 1. The summed E-state index contributed by atoms with van der Waals surface area (Å²) in [6, 6.07) is 3.83. The number of rotatable bonds is 3. The van der Waals surface area contributed by atoms with Crippen LogP contribution in [0.25, 0.3) is 0 Å². The molecule has 1 aliphatic heterocycles. The van der Waals surface area contributed by atoms with Crippen LogP contribution in [0.15, 0.2) is 12.1 Å². The third-order valence-corrected chi connectivity index (χ3v) is 3.75. The van der Waals surface area contributed by atoms with E-state index in [1.807, 2.05) is 6.07 Å². The van der Waals surface area contributed by atoms with Crippen molar-refractivity contribution in [1.29, 1.82) is 0 Å². The third kappa shape index (κ3) is 3.01. The van der Waals surface area contributed by atoms with Crippen LogP contribution in [-0.2, 0) is 0 Å². The molecular weight excluding hydrogens is 242 g/mol. The molecule has 1 amide bonds. The number of nitrogens with zero attached hydrogens (tertiary/aromatic N) is 3. The van der Waals surface area contributed by atoms with Crippen LogP contribution < -0.4 is 16.0 Å². The van der Waals surface area contributed by atoms with Crippen LogP contribution in [0.3, 0.4) is 0 Å². The number of aromatic nitrogens is 2. The summed E-state index contributed by atoms with van der Waals surface area (Å²) in [5.74, 6) is 1.10. The van der Waals surface area contributed by atoms with Crippen LogP contribution >= 0.6 is 0 Å². The van der Waals surface area contributed by atoms with Crippen molar-refractivity contribution in [1.82, 2.24) is 15.5 Å². The summed E-state index contributed by atoms with van der Waals surface area (Å²) in [6.07, 6.45) is 2.04. The maximum atomic E-state index is 11.4. The number of nitrogens with two attached hydrogens (primary N) is 1. The quantitative estimate of drug-likeness (QED) is 0.824. The summed E-state index contributed by atoms with van der Waals surface area (Å²) in [5.41, 5.74) is 6.44. The van der Waals surface area contributed by atoms with Gasteiger partial charge in [0, 0.05) is 26.2 Å². The van der Waals surface area contributed by atoms with Crippen molar-refractivity contribution in [3.63, 3.8) is 0 Å². The van der Waals surface area contributed by atoms with Gasteiger partial charge in [0.1, 0.15) is 0 Å². The molecule has 2 atom stereocenters. The van der Waals surface area contributed by atoms with Crippen LogP contribution in [0.4, 0.5) is 5.82 Å². The summed E-state index contributed by atoms with van der Waals surface area (Å²) in [7, 11) is 1.58. The average molecular weight is 263 g/mol. The molecule has 2 unspecified atom stereocenters. The molecule has 2 rings (SSSR count). The fraction of sp³-hybridized carbons (Fsp3) is 0.615. The van der Waals surface area contributed by atoms with Crippen molar-refractivity contribution in [3.05, 3.63) is 17.8 Å². The molecule has 6 nitrogen and oxygen atoms in total. The van der Waals surface area contributed by atoms with Gasteiger partial charge in [0.25, 0.3) is 5.91 Å². The molecule has 1 aromatic heterocycles. The second-order valence-corrected chi connectivity index (χ2v) is 4.92. The zero-order valence-corrected chi connectivity index (χ0v) is 11.5. The van der Waals surface area contributed by atoms with Crippen LogP contribution in [0.1, 0.15) is 30.3 Å². The zero-order chi connectivity index (χ0) is 13.8. The Morgan fingerprint density at radius 2 is 2.32 bits per heavy atom. The van der Waals surface area contributed by atoms with Crippen LogP contribution in [0, 0.1) is 5.92 Å². The lowest BCUT2D eigenvalue weighted by atomic mass is 9.91. The highest BCUT2D eigenvalue weighted by Crippen LogP contribution is 2.22. The highest BCUT2D eigenvalue weighted by Gasteiger charge is 2.26. The lowest BCUT2D eigenvalue weighted by Gasteiger charge is -2.36. The maximum Gasteiger partial charge on any atom is 0.271 e. The molecule has 1 fully saturated rings. The monoisotopic (exact) mass is 263 g/mol. The fourth-order valence-corrected chi connectivity index (χ4v) is 2.43. The Labute approximate surface area is 113 Å². The topological polar surface area (TPSA) is 84.1 Å². The molecule has 104 valence electrons. The first-order valence-corrected chi connectivity index (χ1v) is 6.72. The molecule has 0 spiro atoms. The Balaban J connectivity index is 2.08. The Morgan fingerprint density at radius 3 is 2.89 bits per heavy atom. The molecule has 0 aromatic carbocycles. The van der Waals surface area contributed by atoms with Gasteiger partial charge in [-0.2, -0.15) is 0 Å². The van der Waals surface area contributed by atoms with Crippen LogP contribution in [0.5, 0.6) is 0 Å². The SMILES string of the molecule is CCC1CN(c2ccc(C(=O)NC)nn2)CCC1N. The van der Waals surface area contributed by atoms with Crippen molar-refractivity contribution < 1.29 is 4.79 Å². The largest absolute Gasteiger partial charge is 0.355 e. The van der Waals surface area contributed by atoms with E-state index in [0.29, 0.717) is 11.6 Å². The molecule has 0 radical (unpaired) electrons. The van der Waals surface area contributed by atoms with Gasteiger partial charge in [-0.15, -0.1) is 10.2 Å². The first kappa shape index (κ1) is 13.7. The summed E-state index contributed by atoms with van der Waals surface area (Å²) < 4.78 is 0. The van der Waals surface area contributed by atoms with E-state index in [2.05, 4.69) is 27.3 Å². The van der Waals surface area contributed by atoms with Crippen molar-refractivity contribution in [2.75, 3.05) is 25.0 Å². The van der Waals surface area contributed by atoms with E-state index in [1.54, 1.807) is 13.1 Å². The van der Waals surface area contributed by atoms with Gasteiger partial charge in [-0.1, -0.05) is 13.3 Å². The number of carbonyl (C=O) groups excluding carboxylic acids is 1. The molecule has 0 saturated carbocycles. The van der Waals surface area contributed by atoms with Crippen LogP contribution in [-0.4, -0.2) is 42.3 Å². The molecule has 1 aliphatic rings. The summed E-state index contributed by atoms with van der Waals surface area (Å²) in [6.45, 7) is 3.96. The van der Waals surface area contributed by atoms with Gasteiger partial charge < -0.3 is 16.0 Å². The summed E-state index contributed by atoms with van der Waals surface area (Å²) >= 11 is 0. The molecule has 0 bridgehead atoms. The Hall–Kier alpha value is -1.69. The molecule has 1 saturated heterocycles. The lowest BCUT2D eigenvalue weighted by Crippen LogP contribution is -2.47. The number of anilines is 1. The van der Waals surface area contributed by atoms with Gasteiger partial charge in [-0.3, -0.25) is 4.79 Å². The third-order valence-electron chi connectivity index (χ3n) is 3.75. The Kier molecular flexibility index (Phi) is 4.31. The number of nitrogens with one attached hydrogen (secondary N) is 1. The Morgan fingerprint density at radius 1 is 1.53 bits per heavy atom. The maximum absolute atomic E-state index is 11.4. The van der Waals surface area contributed by atoms with Crippen molar-refractivity contribution >= 4 is 11.7 Å². The average Bonchev–Trinajstić information content (AvgIpc) is 2.47. The highest BCUT2D eigenvalue weighted by atomic mass is 16.1. The zero-order valence-electron chi connectivity index (χ0n) is 11.5. The normalized spacial score (nSPS) is 23.2. The van der Waals surface area contributed by atoms with Crippen molar-refractivity contribution in [3.8, 4) is 0 Å². The molecule has 6 heteroatoms. The molecular formula is C13H21N5O. The van der Waals surface area contributed by atoms with Gasteiger partial charge in [0.2, 0.25) is 0 Å². The standard InChI is InChI=1S/C13H21N5O/c1-3-9-8-18(7-6-10(9)14)12-5-4-11(16-17-12)13(19)15-2/h4-5,9-10H,3,6-8,14H2,1-2H3,(H,15,19). The molecule has 3 N–H and O–H groups in total. The van der Waals surface area contributed by atoms with Crippen LogP contribution in [0.2, 0.25) is 0 Å². The molecule has 1 aromatic rings. The number of hydrogen-bond donors (Lipinski definition) is 2. The van der Waals surface area contributed by atoms with Crippen molar-refractivity contribution in [2.45, 2.75) is 25.8 Å². The first-order chi connectivity index (χ1) is 9.15. The number of hydrogen-bond acceptors (Lipinski definition) is 5. The molecule has 19 heavy (non-hydrogen) atoms. The van der Waals surface area contributed by atoms with E-state index in [1.165, 1.54) is 0 Å². The van der Waals surface area contributed by atoms with E-state index in [9.17, 15) is 4.79 Å². The van der Waals surface area contributed by atoms with Gasteiger partial charge in [-0.05, 0) is 24.5 Å². The first-order valence-electron chi connectivity index (χ1n) is 6.72. The highest BCUT2D eigenvalue weighted by molar-refractivity contribution is 5.91. The minimum Gasteiger partial charge on any atom is -0.355 e. The van der Waals surface area contributed by atoms with Gasteiger partial charge >= 0.3 is 0 Å². The summed E-state index contributed by atoms with van der Waals surface area (Å²) in [5, 5.41) is 10.6. The Bertz CT molecular complexity index is 433. The van der Waals surface area contributed by atoms with E-state index in [0.717, 1.165) is 31.7 Å². The molecule has 0 aliphatic carbocycles. The minimum atomic E-state index is -0.217. The van der Waals surface area contributed by atoms with Gasteiger partial charge in [0.05, 0.1) is 0 Å². The van der Waals surface area contributed by atoms with E-state index >= 15 is 0 Å². The minimum absolute atomic E-state index is 0.217. The summed E-state index contributed by atoms with van der Waals surface area (Å²) in [4.78, 5) is 13.6. The fourth-order valence-electron chi connectivity index (χ4n) is 2.43. The van der Waals surface area contributed by atoms with Crippen molar-refractivity contribution in [2.24, 2.45) is 11.7 Å². The predicted molar refractivity (Wildman–Crippen MR) is 74.0 cm³/mol. The van der Waals surface area contributed by atoms with E-state index in [-0.39, 0.29) is 11.9 Å². The number of piperidine rings is 1. The van der Waals surface area contributed by atoms with E-state index in [4.69, 9.17) is 5.73 Å². The number of carbonyl (C=O) groups is 1.